The molecule has 2 rings (SSSR count). The minimum atomic E-state index is -0.373. The van der Waals surface area contributed by atoms with Crippen LogP contribution in [0.4, 0.5) is 0 Å². The summed E-state index contributed by atoms with van der Waals surface area (Å²) in [6.07, 6.45) is -0.113. The zero-order chi connectivity index (χ0) is 14.0. The number of nitrogens with two attached hydrogens (primary N) is 1. The van der Waals surface area contributed by atoms with E-state index in [-0.39, 0.29) is 17.6 Å². The summed E-state index contributed by atoms with van der Waals surface area (Å²) in [5, 5.41) is 0. The van der Waals surface area contributed by atoms with Crippen molar-refractivity contribution >= 4 is 5.91 Å². The molecule has 19 heavy (non-hydrogen) atoms. The lowest BCUT2D eigenvalue weighted by Crippen LogP contribution is -2.56. The zero-order valence-corrected chi connectivity index (χ0v) is 11.7. The van der Waals surface area contributed by atoms with E-state index in [1.165, 1.54) is 0 Å². The van der Waals surface area contributed by atoms with E-state index >= 15 is 0 Å². The van der Waals surface area contributed by atoms with Gasteiger partial charge in [0, 0.05) is 25.3 Å². The van der Waals surface area contributed by atoms with Gasteiger partial charge in [-0.3, -0.25) is 4.79 Å². The largest absolute Gasteiger partial charge is 0.367 e. The third kappa shape index (κ3) is 3.30. The predicted octanol–water partition coefficient (Wildman–Crippen LogP) is 0.968. The number of morpholine rings is 1. The second-order valence-corrected chi connectivity index (χ2v) is 5.59. The van der Waals surface area contributed by atoms with E-state index in [1.807, 2.05) is 32.9 Å². The summed E-state index contributed by atoms with van der Waals surface area (Å²) >= 11 is 0. The minimum Gasteiger partial charge on any atom is -0.367 e. The average Bonchev–Trinajstić information content (AvgIpc) is 2.36. The van der Waals surface area contributed by atoms with Gasteiger partial charge in [0.15, 0.2) is 0 Å². The van der Waals surface area contributed by atoms with Gasteiger partial charge in [-0.25, -0.2) is 4.98 Å². The summed E-state index contributed by atoms with van der Waals surface area (Å²) in [4.78, 5) is 18.5. The maximum atomic E-state index is 12.5. The van der Waals surface area contributed by atoms with Gasteiger partial charge in [-0.05, 0) is 32.9 Å². The van der Waals surface area contributed by atoms with Gasteiger partial charge in [0.1, 0.15) is 5.69 Å². The first-order valence-electron chi connectivity index (χ1n) is 6.52. The van der Waals surface area contributed by atoms with Crippen molar-refractivity contribution in [3.8, 4) is 0 Å². The first-order valence-corrected chi connectivity index (χ1v) is 6.52. The number of amides is 1. The van der Waals surface area contributed by atoms with E-state index in [1.54, 1.807) is 11.0 Å². The van der Waals surface area contributed by atoms with Crippen molar-refractivity contribution in [2.75, 3.05) is 19.6 Å². The Labute approximate surface area is 113 Å². The van der Waals surface area contributed by atoms with Gasteiger partial charge in [0.05, 0.1) is 11.7 Å². The molecule has 1 aromatic heterocycles. The predicted molar refractivity (Wildman–Crippen MR) is 72.9 cm³/mol. The van der Waals surface area contributed by atoms with Gasteiger partial charge in [-0.1, -0.05) is 6.07 Å². The Morgan fingerprint density at radius 2 is 2.32 bits per heavy atom. The van der Waals surface area contributed by atoms with Crippen LogP contribution in [0.5, 0.6) is 0 Å². The van der Waals surface area contributed by atoms with Crippen molar-refractivity contribution in [3.63, 3.8) is 0 Å². The summed E-state index contributed by atoms with van der Waals surface area (Å²) in [7, 11) is 0. The molecule has 1 atom stereocenters. The number of rotatable bonds is 2. The summed E-state index contributed by atoms with van der Waals surface area (Å²) in [5.74, 6) is -0.0569. The fraction of sp³-hybridized carbons (Fsp3) is 0.571. The highest BCUT2D eigenvalue weighted by Crippen LogP contribution is 2.21. The molecule has 0 aromatic carbocycles. The molecule has 1 saturated heterocycles. The molecule has 0 bridgehead atoms. The number of hydrogen-bond donors (Lipinski definition) is 1. The highest BCUT2D eigenvalue weighted by atomic mass is 16.5. The molecule has 2 heterocycles. The molecule has 0 saturated carbocycles. The average molecular weight is 263 g/mol. The van der Waals surface area contributed by atoms with Crippen LogP contribution in [0, 0.1) is 6.92 Å². The Balaban J connectivity index is 2.18. The summed E-state index contributed by atoms with van der Waals surface area (Å²) < 4.78 is 5.82. The monoisotopic (exact) mass is 263 g/mol. The molecule has 0 radical (unpaired) electrons. The Hall–Kier alpha value is -1.46. The van der Waals surface area contributed by atoms with Crippen LogP contribution in [0.2, 0.25) is 0 Å². The van der Waals surface area contributed by atoms with Gasteiger partial charge in [-0.2, -0.15) is 0 Å². The van der Waals surface area contributed by atoms with Crippen LogP contribution in [-0.2, 0) is 4.74 Å². The fourth-order valence-electron chi connectivity index (χ4n) is 2.40. The Morgan fingerprint density at radius 3 is 2.95 bits per heavy atom. The molecule has 104 valence electrons. The Bertz CT molecular complexity index is 474. The van der Waals surface area contributed by atoms with Crippen LogP contribution >= 0.6 is 0 Å². The molecule has 5 heteroatoms. The number of nitrogens with zero attached hydrogens (tertiary/aromatic N) is 2. The second-order valence-electron chi connectivity index (χ2n) is 5.59. The topological polar surface area (TPSA) is 68.5 Å². The first kappa shape index (κ1) is 14.0. The summed E-state index contributed by atoms with van der Waals surface area (Å²) in [6, 6.07) is 5.47. The molecule has 1 amide bonds. The maximum absolute atomic E-state index is 12.5. The molecule has 0 spiro atoms. The molecule has 5 nitrogen and oxygen atoms in total. The van der Waals surface area contributed by atoms with Crippen molar-refractivity contribution in [3.05, 3.63) is 29.6 Å². The third-order valence-corrected chi connectivity index (χ3v) is 3.14. The van der Waals surface area contributed by atoms with Crippen molar-refractivity contribution in [1.29, 1.82) is 0 Å². The van der Waals surface area contributed by atoms with Crippen molar-refractivity contribution in [2.45, 2.75) is 32.5 Å². The number of aryl methyl sites for hydroxylation is 1. The third-order valence-electron chi connectivity index (χ3n) is 3.14. The number of hydrogen-bond acceptors (Lipinski definition) is 4. The molecule has 1 fully saturated rings. The van der Waals surface area contributed by atoms with E-state index < -0.39 is 0 Å². The van der Waals surface area contributed by atoms with Crippen molar-refractivity contribution in [2.24, 2.45) is 5.73 Å². The molecule has 1 aliphatic heterocycles. The molecule has 1 unspecified atom stereocenters. The highest BCUT2D eigenvalue weighted by Gasteiger charge is 2.35. The van der Waals surface area contributed by atoms with E-state index in [9.17, 15) is 4.79 Å². The first-order chi connectivity index (χ1) is 8.91. The van der Waals surface area contributed by atoms with Crippen LogP contribution in [0.25, 0.3) is 0 Å². The van der Waals surface area contributed by atoms with Crippen LogP contribution < -0.4 is 5.73 Å². The Morgan fingerprint density at radius 1 is 1.58 bits per heavy atom. The normalized spacial score (nSPS) is 22.3. The number of carbonyl (C=O) groups excluding carboxylic acids is 1. The summed E-state index contributed by atoms with van der Waals surface area (Å²) in [5.41, 5.74) is 6.62. The van der Waals surface area contributed by atoms with E-state index in [4.69, 9.17) is 10.5 Å². The lowest BCUT2D eigenvalue weighted by Gasteiger charge is -2.42. The minimum absolute atomic E-state index is 0.0569. The molecular weight excluding hydrogens is 242 g/mol. The second kappa shape index (κ2) is 5.27. The van der Waals surface area contributed by atoms with Crippen LogP contribution in [0.1, 0.15) is 30.0 Å². The lowest BCUT2D eigenvalue weighted by atomic mass is 10.0. The summed E-state index contributed by atoms with van der Waals surface area (Å²) in [6.45, 7) is 7.31. The van der Waals surface area contributed by atoms with Gasteiger partial charge >= 0.3 is 0 Å². The molecule has 1 aliphatic rings. The van der Waals surface area contributed by atoms with E-state index in [2.05, 4.69) is 4.98 Å². The van der Waals surface area contributed by atoms with Gasteiger partial charge in [-0.15, -0.1) is 0 Å². The SMILES string of the molecule is Cc1cccc(C(=O)N2CC(CN)OC(C)(C)C2)n1. The van der Waals surface area contributed by atoms with E-state index in [0.29, 0.717) is 25.3 Å². The molecular formula is C14H21N3O2. The quantitative estimate of drug-likeness (QED) is 0.863. The number of carbonyl (C=O) groups is 1. The number of ether oxygens (including phenoxy) is 1. The number of pyridine rings is 1. The number of aromatic nitrogens is 1. The smallest absolute Gasteiger partial charge is 0.272 e. The van der Waals surface area contributed by atoms with Crippen molar-refractivity contribution < 1.29 is 9.53 Å². The standard InChI is InChI=1S/C14H21N3O2/c1-10-5-4-6-12(16-10)13(18)17-8-11(7-15)19-14(2,3)9-17/h4-6,11H,7-9,15H2,1-3H3. The maximum Gasteiger partial charge on any atom is 0.272 e. The lowest BCUT2D eigenvalue weighted by molar-refractivity contribution is -0.122. The van der Waals surface area contributed by atoms with Crippen LogP contribution in [-0.4, -0.2) is 47.1 Å². The zero-order valence-electron chi connectivity index (χ0n) is 11.7. The Kier molecular flexibility index (Phi) is 3.87. The van der Waals surface area contributed by atoms with Gasteiger partial charge in [0.25, 0.3) is 5.91 Å². The van der Waals surface area contributed by atoms with Gasteiger partial charge in [0.2, 0.25) is 0 Å². The molecule has 0 aliphatic carbocycles. The highest BCUT2D eigenvalue weighted by molar-refractivity contribution is 5.92. The van der Waals surface area contributed by atoms with Crippen molar-refractivity contribution in [1.82, 2.24) is 9.88 Å². The van der Waals surface area contributed by atoms with Crippen LogP contribution in [0.3, 0.4) is 0 Å². The van der Waals surface area contributed by atoms with Gasteiger partial charge < -0.3 is 15.4 Å². The van der Waals surface area contributed by atoms with Crippen LogP contribution in [0.15, 0.2) is 18.2 Å². The fourth-order valence-corrected chi connectivity index (χ4v) is 2.40. The molecule has 1 aromatic rings. The molecule has 2 N–H and O–H groups in total. The van der Waals surface area contributed by atoms with E-state index in [0.717, 1.165) is 5.69 Å².